The number of carbonyl (C=O) groups is 1. The summed E-state index contributed by atoms with van der Waals surface area (Å²) >= 11 is 1.81. The number of piperidine rings is 2. The minimum Gasteiger partial charge on any atom is -0.341 e. The second-order valence-corrected chi connectivity index (χ2v) is 8.59. The van der Waals surface area contributed by atoms with Crippen molar-refractivity contribution in [3.63, 3.8) is 0 Å². The number of amides is 1. The predicted molar refractivity (Wildman–Crippen MR) is 93.5 cm³/mol. The first kappa shape index (κ1) is 16.1. The minimum absolute atomic E-state index is 0.0490. The van der Waals surface area contributed by atoms with Crippen LogP contribution < -0.4 is 5.32 Å². The van der Waals surface area contributed by atoms with Crippen LogP contribution >= 0.6 is 11.8 Å². The van der Waals surface area contributed by atoms with Crippen LogP contribution in [0.15, 0.2) is 22.5 Å². The predicted octanol–water partition coefficient (Wildman–Crippen LogP) is 3.40. The van der Waals surface area contributed by atoms with Crippen LogP contribution in [0.5, 0.6) is 0 Å². The Bertz CT molecular complexity index is 477. The minimum atomic E-state index is -0.0490. The van der Waals surface area contributed by atoms with Crippen molar-refractivity contribution in [2.75, 3.05) is 26.2 Å². The standard InChI is InChI=1S/C18H28N2OS/c1-18(2)7-4-9-20(13-18)17(21)14-6-10-22-16(11-14)15-5-3-8-19-12-15/h6,10-11,14-15,19H,3-5,7-9,12-13H2,1-2H3. The van der Waals surface area contributed by atoms with E-state index in [0.717, 1.165) is 32.6 Å². The number of carbonyl (C=O) groups excluding carboxylic acids is 1. The molecule has 4 heteroatoms. The first-order valence-corrected chi connectivity index (χ1v) is 9.48. The third-order valence-corrected chi connectivity index (χ3v) is 6.07. The average Bonchev–Trinajstić information content (AvgIpc) is 2.54. The van der Waals surface area contributed by atoms with Crippen molar-refractivity contribution in [2.45, 2.75) is 39.5 Å². The van der Waals surface area contributed by atoms with Crippen LogP contribution in [0.2, 0.25) is 0 Å². The Morgan fingerprint density at radius 3 is 3.00 bits per heavy atom. The molecule has 0 aromatic rings. The van der Waals surface area contributed by atoms with Gasteiger partial charge in [-0.2, -0.15) is 0 Å². The van der Waals surface area contributed by atoms with Crippen LogP contribution in [0.4, 0.5) is 0 Å². The van der Waals surface area contributed by atoms with Gasteiger partial charge in [-0.1, -0.05) is 26.0 Å². The van der Waals surface area contributed by atoms with Crippen molar-refractivity contribution in [3.8, 4) is 0 Å². The second-order valence-electron chi connectivity index (χ2n) is 7.61. The molecule has 3 nitrogen and oxygen atoms in total. The Morgan fingerprint density at radius 2 is 2.27 bits per heavy atom. The molecule has 1 N–H and O–H groups in total. The summed E-state index contributed by atoms with van der Waals surface area (Å²) in [4.78, 5) is 16.4. The molecule has 0 radical (unpaired) electrons. The fourth-order valence-corrected chi connectivity index (χ4v) is 4.80. The molecule has 2 fully saturated rings. The molecule has 3 aliphatic rings. The van der Waals surface area contributed by atoms with E-state index in [1.807, 2.05) is 11.8 Å². The van der Waals surface area contributed by atoms with E-state index in [9.17, 15) is 4.79 Å². The Balaban J connectivity index is 1.67. The van der Waals surface area contributed by atoms with Gasteiger partial charge in [-0.05, 0) is 48.0 Å². The van der Waals surface area contributed by atoms with E-state index < -0.39 is 0 Å². The molecule has 0 aliphatic carbocycles. The summed E-state index contributed by atoms with van der Waals surface area (Å²) < 4.78 is 0. The van der Waals surface area contributed by atoms with Gasteiger partial charge in [0.15, 0.2) is 0 Å². The van der Waals surface area contributed by atoms with E-state index in [1.165, 1.54) is 24.2 Å². The maximum absolute atomic E-state index is 12.9. The summed E-state index contributed by atoms with van der Waals surface area (Å²) in [6.07, 6.45) is 9.15. The van der Waals surface area contributed by atoms with Gasteiger partial charge in [-0.3, -0.25) is 4.79 Å². The molecule has 0 aromatic heterocycles. The number of thioether (sulfide) groups is 1. The smallest absolute Gasteiger partial charge is 0.233 e. The van der Waals surface area contributed by atoms with Crippen molar-refractivity contribution < 1.29 is 4.79 Å². The van der Waals surface area contributed by atoms with Crippen LogP contribution in [0.25, 0.3) is 0 Å². The van der Waals surface area contributed by atoms with Crippen molar-refractivity contribution in [1.82, 2.24) is 10.2 Å². The van der Waals surface area contributed by atoms with E-state index in [1.54, 1.807) is 0 Å². The Labute approximate surface area is 138 Å². The summed E-state index contributed by atoms with van der Waals surface area (Å²) in [5, 5.41) is 5.60. The van der Waals surface area contributed by atoms with Crippen LogP contribution in [0, 0.1) is 17.3 Å². The lowest BCUT2D eigenvalue weighted by molar-refractivity contribution is -0.135. The topological polar surface area (TPSA) is 32.3 Å². The molecule has 122 valence electrons. The van der Waals surface area contributed by atoms with E-state index in [0.29, 0.717) is 11.8 Å². The first-order chi connectivity index (χ1) is 10.6. The van der Waals surface area contributed by atoms with E-state index in [-0.39, 0.29) is 11.3 Å². The Morgan fingerprint density at radius 1 is 1.41 bits per heavy atom. The largest absolute Gasteiger partial charge is 0.341 e. The Kier molecular flexibility index (Phi) is 4.98. The summed E-state index contributed by atoms with van der Waals surface area (Å²) in [5.41, 5.74) is 0.265. The van der Waals surface area contributed by atoms with E-state index in [4.69, 9.17) is 0 Å². The molecule has 1 amide bonds. The summed E-state index contributed by atoms with van der Waals surface area (Å²) in [5.74, 6) is 0.842. The van der Waals surface area contributed by atoms with Crippen LogP contribution in [-0.4, -0.2) is 37.0 Å². The molecule has 2 saturated heterocycles. The highest BCUT2D eigenvalue weighted by molar-refractivity contribution is 8.05. The molecular formula is C18H28N2OS. The molecule has 2 atom stereocenters. The van der Waals surface area contributed by atoms with Gasteiger partial charge in [0.2, 0.25) is 5.91 Å². The lowest BCUT2D eigenvalue weighted by Crippen LogP contribution is -2.45. The fraction of sp³-hybridized carbons (Fsp3) is 0.722. The number of hydrogen-bond acceptors (Lipinski definition) is 3. The normalized spacial score (nSPS) is 31.7. The second kappa shape index (κ2) is 6.79. The van der Waals surface area contributed by atoms with Gasteiger partial charge in [0.1, 0.15) is 0 Å². The maximum atomic E-state index is 12.9. The monoisotopic (exact) mass is 320 g/mol. The molecule has 0 saturated carbocycles. The molecule has 3 aliphatic heterocycles. The maximum Gasteiger partial charge on any atom is 0.233 e. The molecule has 3 rings (SSSR count). The molecule has 0 aromatic carbocycles. The van der Waals surface area contributed by atoms with E-state index in [2.05, 4.69) is 41.6 Å². The van der Waals surface area contributed by atoms with E-state index >= 15 is 0 Å². The summed E-state index contributed by atoms with van der Waals surface area (Å²) in [7, 11) is 0. The quantitative estimate of drug-likeness (QED) is 0.846. The summed E-state index contributed by atoms with van der Waals surface area (Å²) in [6.45, 7) is 8.56. The van der Waals surface area contributed by atoms with Gasteiger partial charge in [0, 0.05) is 25.6 Å². The third-order valence-electron chi connectivity index (χ3n) is 5.03. The van der Waals surface area contributed by atoms with Crippen LogP contribution in [-0.2, 0) is 4.79 Å². The Hall–Kier alpha value is -0.740. The van der Waals surface area contributed by atoms with Gasteiger partial charge in [0.25, 0.3) is 0 Å². The van der Waals surface area contributed by atoms with Crippen LogP contribution in [0.3, 0.4) is 0 Å². The van der Waals surface area contributed by atoms with Gasteiger partial charge in [-0.15, -0.1) is 11.8 Å². The number of hydrogen-bond donors (Lipinski definition) is 1. The van der Waals surface area contributed by atoms with Crippen molar-refractivity contribution >= 4 is 17.7 Å². The molecule has 0 spiro atoms. The number of nitrogens with one attached hydrogen (secondary N) is 1. The van der Waals surface area contributed by atoms with Crippen molar-refractivity contribution in [2.24, 2.45) is 17.3 Å². The fourth-order valence-electron chi connectivity index (χ4n) is 3.78. The average molecular weight is 321 g/mol. The zero-order valence-corrected chi connectivity index (χ0v) is 14.6. The van der Waals surface area contributed by atoms with Gasteiger partial charge in [0.05, 0.1) is 5.92 Å². The van der Waals surface area contributed by atoms with Gasteiger partial charge in [-0.25, -0.2) is 0 Å². The SMILES string of the molecule is CC1(C)CCCN(C(=O)C2C=CSC(C3CCCNC3)=C2)C1. The molecular weight excluding hydrogens is 292 g/mol. The van der Waals surface area contributed by atoms with Gasteiger partial charge < -0.3 is 10.2 Å². The number of nitrogens with zero attached hydrogens (tertiary/aromatic N) is 1. The molecule has 0 bridgehead atoms. The highest BCUT2D eigenvalue weighted by atomic mass is 32.2. The molecule has 2 unspecified atom stereocenters. The third kappa shape index (κ3) is 3.77. The molecule has 3 heterocycles. The highest BCUT2D eigenvalue weighted by Crippen LogP contribution is 2.36. The van der Waals surface area contributed by atoms with Crippen molar-refractivity contribution in [1.29, 1.82) is 0 Å². The molecule has 22 heavy (non-hydrogen) atoms. The zero-order chi connectivity index (χ0) is 15.6. The first-order valence-electron chi connectivity index (χ1n) is 8.60. The highest BCUT2D eigenvalue weighted by Gasteiger charge is 2.32. The lowest BCUT2D eigenvalue weighted by Gasteiger charge is -2.39. The van der Waals surface area contributed by atoms with Crippen LogP contribution in [0.1, 0.15) is 39.5 Å². The number of likely N-dealkylation sites (tertiary alicyclic amines) is 1. The lowest BCUT2D eigenvalue weighted by atomic mass is 9.83. The summed E-state index contributed by atoms with van der Waals surface area (Å²) in [6, 6.07) is 0. The van der Waals surface area contributed by atoms with Gasteiger partial charge >= 0.3 is 0 Å². The number of rotatable bonds is 2. The van der Waals surface area contributed by atoms with Crippen molar-refractivity contribution in [3.05, 3.63) is 22.5 Å². The zero-order valence-electron chi connectivity index (χ0n) is 13.8.